The smallest absolute Gasteiger partial charge is 0.303 e. The fraction of sp³-hybridized carbons (Fsp3) is 0.118. The number of Topliss-reactive ketones (excluding diaryl/α,β-unsaturated/α-hetero) is 1. The van der Waals surface area contributed by atoms with Gasteiger partial charge in [-0.3, -0.25) is 14.4 Å². The predicted molar refractivity (Wildman–Crippen MR) is 82.0 cm³/mol. The van der Waals surface area contributed by atoms with Crippen LogP contribution >= 0.6 is 0 Å². The van der Waals surface area contributed by atoms with Gasteiger partial charge in [-0.25, -0.2) is 4.39 Å². The van der Waals surface area contributed by atoms with Crippen LogP contribution < -0.4 is 5.32 Å². The molecular formula is C17H14FNO4. The third-order valence-corrected chi connectivity index (χ3v) is 3.14. The number of anilines is 1. The molecule has 2 rings (SSSR count). The number of ketones is 1. The summed E-state index contributed by atoms with van der Waals surface area (Å²) in [4.78, 5) is 34.1. The van der Waals surface area contributed by atoms with E-state index in [1.165, 1.54) is 36.4 Å². The van der Waals surface area contributed by atoms with Gasteiger partial charge < -0.3 is 10.4 Å². The molecule has 0 bridgehead atoms. The lowest BCUT2D eigenvalue weighted by Crippen LogP contribution is -2.12. The van der Waals surface area contributed by atoms with Crippen molar-refractivity contribution in [1.82, 2.24) is 0 Å². The number of carbonyl (C=O) groups excluding carboxylic acids is 2. The first kappa shape index (κ1) is 16.4. The minimum absolute atomic E-state index is 0.0728. The number of rotatable bonds is 6. The molecule has 1 amide bonds. The second kappa shape index (κ2) is 7.31. The molecule has 0 atom stereocenters. The second-order valence-electron chi connectivity index (χ2n) is 4.86. The Kier molecular flexibility index (Phi) is 5.19. The van der Waals surface area contributed by atoms with Gasteiger partial charge in [-0.2, -0.15) is 0 Å². The molecule has 23 heavy (non-hydrogen) atoms. The number of benzene rings is 2. The van der Waals surface area contributed by atoms with Crippen LogP contribution in [0.5, 0.6) is 0 Å². The van der Waals surface area contributed by atoms with Crippen molar-refractivity contribution in [2.24, 2.45) is 0 Å². The SMILES string of the molecule is O=C(O)CCC(=O)c1ccc(NC(=O)c2ccc(F)cc2)cc1. The second-order valence-corrected chi connectivity index (χ2v) is 4.86. The summed E-state index contributed by atoms with van der Waals surface area (Å²) >= 11 is 0. The van der Waals surface area contributed by atoms with E-state index < -0.39 is 17.7 Å². The summed E-state index contributed by atoms with van der Waals surface area (Å²) < 4.78 is 12.8. The molecule has 2 N–H and O–H groups in total. The molecule has 5 nitrogen and oxygen atoms in total. The number of aliphatic carboxylic acids is 1. The Labute approximate surface area is 131 Å². The zero-order valence-corrected chi connectivity index (χ0v) is 12.1. The molecule has 2 aromatic rings. The topological polar surface area (TPSA) is 83.5 Å². The van der Waals surface area contributed by atoms with E-state index in [1.54, 1.807) is 12.1 Å². The standard InChI is InChI=1S/C17H14FNO4/c18-13-5-1-12(2-6-13)17(23)19-14-7-3-11(4-8-14)15(20)9-10-16(21)22/h1-8H,9-10H2,(H,19,23)(H,21,22). The van der Waals surface area contributed by atoms with Crippen LogP contribution in [0.1, 0.15) is 33.6 Å². The Bertz CT molecular complexity index is 723. The summed E-state index contributed by atoms with van der Waals surface area (Å²) in [6.45, 7) is 0. The minimum Gasteiger partial charge on any atom is -0.481 e. The Morgan fingerprint density at radius 3 is 2.00 bits per heavy atom. The summed E-state index contributed by atoms with van der Waals surface area (Å²) in [6.07, 6.45) is -0.293. The minimum atomic E-state index is -1.03. The maximum Gasteiger partial charge on any atom is 0.303 e. The highest BCUT2D eigenvalue weighted by atomic mass is 19.1. The van der Waals surface area contributed by atoms with Crippen LogP contribution in [0.15, 0.2) is 48.5 Å². The van der Waals surface area contributed by atoms with Gasteiger partial charge in [-0.1, -0.05) is 0 Å². The first-order chi connectivity index (χ1) is 11.0. The molecule has 0 saturated heterocycles. The molecule has 6 heteroatoms. The monoisotopic (exact) mass is 315 g/mol. The molecule has 0 saturated carbocycles. The summed E-state index contributed by atoms with van der Waals surface area (Å²) in [6, 6.07) is 11.3. The number of hydrogen-bond acceptors (Lipinski definition) is 3. The fourth-order valence-electron chi connectivity index (χ4n) is 1.91. The fourth-order valence-corrected chi connectivity index (χ4v) is 1.91. The van der Waals surface area contributed by atoms with Crippen molar-refractivity contribution in [3.05, 3.63) is 65.5 Å². The molecule has 0 spiro atoms. The van der Waals surface area contributed by atoms with Crippen LogP contribution in [0.4, 0.5) is 10.1 Å². The van der Waals surface area contributed by atoms with Gasteiger partial charge in [0, 0.05) is 23.2 Å². The van der Waals surface area contributed by atoms with Crippen molar-refractivity contribution in [2.45, 2.75) is 12.8 Å². The molecule has 0 radical (unpaired) electrons. The first-order valence-corrected chi connectivity index (χ1v) is 6.87. The van der Waals surface area contributed by atoms with Gasteiger partial charge in [-0.05, 0) is 48.5 Å². The average molecular weight is 315 g/mol. The highest BCUT2D eigenvalue weighted by Crippen LogP contribution is 2.13. The van der Waals surface area contributed by atoms with Gasteiger partial charge in [0.1, 0.15) is 5.82 Å². The Hall–Kier alpha value is -3.02. The Morgan fingerprint density at radius 2 is 1.43 bits per heavy atom. The third kappa shape index (κ3) is 4.74. The Morgan fingerprint density at radius 1 is 0.870 bits per heavy atom. The van der Waals surface area contributed by atoms with Gasteiger partial charge in [0.2, 0.25) is 0 Å². The number of hydrogen-bond donors (Lipinski definition) is 2. The van der Waals surface area contributed by atoms with Crippen molar-refractivity contribution in [3.63, 3.8) is 0 Å². The highest BCUT2D eigenvalue weighted by Gasteiger charge is 2.10. The van der Waals surface area contributed by atoms with Crippen molar-refractivity contribution < 1.29 is 23.9 Å². The van der Waals surface area contributed by atoms with Gasteiger partial charge in [0.15, 0.2) is 5.78 Å². The van der Waals surface area contributed by atoms with E-state index in [1.807, 2.05) is 0 Å². The zero-order valence-electron chi connectivity index (χ0n) is 12.1. The number of carboxylic acids is 1. The van der Waals surface area contributed by atoms with Crippen LogP contribution in [-0.2, 0) is 4.79 Å². The van der Waals surface area contributed by atoms with Gasteiger partial charge in [-0.15, -0.1) is 0 Å². The lowest BCUT2D eigenvalue weighted by Gasteiger charge is -2.06. The van der Waals surface area contributed by atoms with Crippen LogP contribution in [0.25, 0.3) is 0 Å². The quantitative estimate of drug-likeness (QED) is 0.802. The third-order valence-electron chi connectivity index (χ3n) is 3.14. The van der Waals surface area contributed by atoms with Crippen molar-refractivity contribution >= 4 is 23.3 Å². The molecule has 0 aliphatic carbocycles. The number of carbonyl (C=O) groups is 3. The molecule has 2 aromatic carbocycles. The maximum atomic E-state index is 12.8. The molecular weight excluding hydrogens is 301 g/mol. The van der Waals surface area contributed by atoms with Gasteiger partial charge in [0.25, 0.3) is 5.91 Å². The number of carboxylic acid groups (broad SMARTS) is 1. The van der Waals surface area contributed by atoms with Gasteiger partial charge in [0.05, 0.1) is 6.42 Å². The van der Waals surface area contributed by atoms with E-state index in [0.29, 0.717) is 16.8 Å². The van der Waals surface area contributed by atoms with Crippen molar-refractivity contribution in [3.8, 4) is 0 Å². The van der Waals surface area contributed by atoms with Crippen LogP contribution in [-0.4, -0.2) is 22.8 Å². The van der Waals surface area contributed by atoms with Crippen molar-refractivity contribution in [1.29, 1.82) is 0 Å². The van der Waals surface area contributed by atoms with Crippen LogP contribution in [0.3, 0.4) is 0 Å². The molecule has 0 aromatic heterocycles. The van der Waals surface area contributed by atoms with Gasteiger partial charge >= 0.3 is 5.97 Å². The number of amides is 1. The van der Waals surface area contributed by atoms with Crippen LogP contribution in [0, 0.1) is 5.82 Å². The van der Waals surface area contributed by atoms with Crippen molar-refractivity contribution in [2.75, 3.05) is 5.32 Å². The van der Waals surface area contributed by atoms with E-state index in [9.17, 15) is 18.8 Å². The summed E-state index contributed by atoms with van der Waals surface area (Å²) in [5.74, 6) is -2.12. The number of halogens is 1. The normalized spacial score (nSPS) is 10.1. The first-order valence-electron chi connectivity index (χ1n) is 6.87. The Balaban J connectivity index is 1.99. The number of nitrogens with one attached hydrogen (secondary N) is 1. The average Bonchev–Trinajstić information content (AvgIpc) is 2.54. The predicted octanol–water partition coefficient (Wildman–Crippen LogP) is 3.13. The molecule has 0 aliphatic heterocycles. The molecule has 0 fully saturated rings. The summed E-state index contributed by atoms with van der Waals surface area (Å²) in [5.41, 5.74) is 1.17. The highest BCUT2D eigenvalue weighted by molar-refractivity contribution is 6.04. The van der Waals surface area contributed by atoms with Crippen LogP contribution in [0.2, 0.25) is 0 Å². The molecule has 118 valence electrons. The lowest BCUT2D eigenvalue weighted by atomic mass is 10.1. The van der Waals surface area contributed by atoms with E-state index >= 15 is 0 Å². The lowest BCUT2D eigenvalue weighted by molar-refractivity contribution is -0.136. The van der Waals surface area contributed by atoms with E-state index in [4.69, 9.17) is 5.11 Å². The molecule has 0 unspecified atom stereocenters. The zero-order chi connectivity index (χ0) is 16.8. The van der Waals surface area contributed by atoms with E-state index in [0.717, 1.165) is 0 Å². The van der Waals surface area contributed by atoms with E-state index in [-0.39, 0.29) is 18.6 Å². The molecule has 0 aliphatic rings. The summed E-state index contributed by atoms with van der Waals surface area (Å²) in [5, 5.41) is 11.2. The largest absolute Gasteiger partial charge is 0.481 e. The van der Waals surface area contributed by atoms with E-state index in [2.05, 4.69) is 5.32 Å². The summed E-state index contributed by atoms with van der Waals surface area (Å²) in [7, 11) is 0. The maximum absolute atomic E-state index is 12.8. The molecule has 0 heterocycles.